The number of carbonyl (C=O) groups excluding carboxylic acids is 2. The molecular formula is C15H13NO3. The van der Waals surface area contributed by atoms with Gasteiger partial charge in [0, 0.05) is 18.2 Å². The van der Waals surface area contributed by atoms with Crippen LogP contribution < -0.4 is 5.32 Å². The Morgan fingerprint density at radius 3 is 2.63 bits per heavy atom. The minimum absolute atomic E-state index is 0.0579. The number of phenols is 1. The summed E-state index contributed by atoms with van der Waals surface area (Å²) >= 11 is 0. The van der Waals surface area contributed by atoms with E-state index in [2.05, 4.69) is 5.32 Å². The van der Waals surface area contributed by atoms with Crippen molar-refractivity contribution in [3.05, 3.63) is 48.0 Å². The minimum atomic E-state index is -0.164. The van der Waals surface area contributed by atoms with Gasteiger partial charge in [-0.2, -0.15) is 0 Å². The highest BCUT2D eigenvalue weighted by molar-refractivity contribution is 5.90. The van der Waals surface area contributed by atoms with E-state index in [1.807, 2.05) is 0 Å². The van der Waals surface area contributed by atoms with Gasteiger partial charge in [-0.25, -0.2) is 0 Å². The second kappa shape index (κ2) is 5.35. The molecule has 19 heavy (non-hydrogen) atoms. The fourth-order valence-corrected chi connectivity index (χ4v) is 1.86. The van der Waals surface area contributed by atoms with E-state index < -0.39 is 0 Å². The van der Waals surface area contributed by atoms with Gasteiger partial charge in [-0.1, -0.05) is 24.3 Å². The third-order valence-corrected chi connectivity index (χ3v) is 2.69. The first-order valence-electron chi connectivity index (χ1n) is 5.77. The van der Waals surface area contributed by atoms with E-state index in [4.69, 9.17) is 0 Å². The fourth-order valence-electron chi connectivity index (χ4n) is 1.86. The molecule has 96 valence electrons. The summed E-state index contributed by atoms with van der Waals surface area (Å²) in [6, 6.07) is 12.0. The molecule has 0 aromatic heterocycles. The Bertz CT molecular complexity index is 635. The molecule has 0 fully saturated rings. The number of carbonyl (C=O) groups is 2. The van der Waals surface area contributed by atoms with Gasteiger partial charge < -0.3 is 10.4 Å². The topological polar surface area (TPSA) is 66.4 Å². The van der Waals surface area contributed by atoms with Gasteiger partial charge in [-0.3, -0.25) is 9.59 Å². The molecule has 4 heteroatoms. The molecular weight excluding hydrogens is 242 g/mol. The SMILES string of the molecule is CC(=O)Nc1cccc(-c2cccc(C=O)c2O)c1. The van der Waals surface area contributed by atoms with Crippen LogP contribution in [0.15, 0.2) is 42.5 Å². The lowest BCUT2D eigenvalue weighted by molar-refractivity contribution is -0.114. The van der Waals surface area contributed by atoms with E-state index >= 15 is 0 Å². The molecule has 2 aromatic rings. The van der Waals surface area contributed by atoms with Crippen LogP contribution in [0.2, 0.25) is 0 Å². The second-order valence-electron chi connectivity index (χ2n) is 4.12. The molecule has 0 bridgehead atoms. The van der Waals surface area contributed by atoms with Gasteiger partial charge in [0.25, 0.3) is 0 Å². The highest BCUT2D eigenvalue weighted by atomic mass is 16.3. The van der Waals surface area contributed by atoms with Crippen molar-refractivity contribution in [2.75, 3.05) is 5.32 Å². The summed E-state index contributed by atoms with van der Waals surface area (Å²) in [4.78, 5) is 21.8. The van der Waals surface area contributed by atoms with Gasteiger partial charge in [0.2, 0.25) is 5.91 Å². The molecule has 0 aliphatic heterocycles. The largest absolute Gasteiger partial charge is 0.507 e. The van der Waals surface area contributed by atoms with Gasteiger partial charge in [0.1, 0.15) is 5.75 Å². The van der Waals surface area contributed by atoms with Gasteiger partial charge in [-0.15, -0.1) is 0 Å². The predicted molar refractivity (Wildman–Crippen MR) is 73.2 cm³/mol. The molecule has 0 saturated heterocycles. The Balaban J connectivity index is 2.47. The van der Waals surface area contributed by atoms with Crippen molar-refractivity contribution in [1.29, 1.82) is 0 Å². The standard InChI is InChI=1S/C15H13NO3/c1-10(18)16-13-6-2-4-11(8-13)14-7-3-5-12(9-17)15(14)19/h2-9,19H,1H3,(H,16,18). The lowest BCUT2D eigenvalue weighted by Gasteiger charge is -2.08. The molecule has 2 aromatic carbocycles. The van der Waals surface area contributed by atoms with Crippen molar-refractivity contribution in [2.45, 2.75) is 6.92 Å². The first kappa shape index (κ1) is 12.8. The first-order chi connectivity index (χ1) is 9.11. The molecule has 0 aliphatic rings. The van der Waals surface area contributed by atoms with E-state index in [-0.39, 0.29) is 17.2 Å². The van der Waals surface area contributed by atoms with Crippen LogP contribution in [0.3, 0.4) is 0 Å². The zero-order chi connectivity index (χ0) is 13.8. The van der Waals surface area contributed by atoms with Crippen molar-refractivity contribution in [1.82, 2.24) is 0 Å². The molecule has 0 radical (unpaired) electrons. The van der Waals surface area contributed by atoms with E-state index in [0.29, 0.717) is 17.5 Å². The lowest BCUT2D eigenvalue weighted by Crippen LogP contribution is -2.05. The summed E-state index contributed by atoms with van der Waals surface area (Å²) in [6.45, 7) is 1.43. The molecule has 0 saturated carbocycles. The van der Waals surface area contributed by atoms with Crippen molar-refractivity contribution >= 4 is 17.9 Å². The normalized spacial score (nSPS) is 9.95. The third-order valence-electron chi connectivity index (χ3n) is 2.69. The smallest absolute Gasteiger partial charge is 0.221 e. The number of aldehydes is 1. The van der Waals surface area contributed by atoms with Gasteiger partial charge in [0.15, 0.2) is 6.29 Å². The lowest BCUT2D eigenvalue weighted by atomic mass is 10.0. The summed E-state index contributed by atoms with van der Waals surface area (Å²) < 4.78 is 0. The van der Waals surface area contributed by atoms with Crippen molar-refractivity contribution in [3.63, 3.8) is 0 Å². The molecule has 0 unspecified atom stereocenters. The van der Waals surface area contributed by atoms with Crippen LogP contribution in [-0.2, 0) is 4.79 Å². The highest BCUT2D eigenvalue weighted by Crippen LogP contribution is 2.32. The van der Waals surface area contributed by atoms with Crippen LogP contribution in [0.4, 0.5) is 5.69 Å². The van der Waals surface area contributed by atoms with Crippen LogP contribution in [-0.4, -0.2) is 17.3 Å². The van der Waals surface area contributed by atoms with Gasteiger partial charge in [0.05, 0.1) is 5.56 Å². The molecule has 0 aliphatic carbocycles. The van der Waals surface area contributed by atoms with Crippen LogP contribution in [0.25, 0.3) is 11.1 Å². The number of amides is 1. The van der Waals surface area contributed by atoms with Crippen molar-refractivity contribution in [3.8, 4) is 16.9 Å². The number of phenolic OH excluding ortho intramolecular Hbond substituents is 1. The Kier molecular flexibility index (Phi) is 3.61. The summed E-state index contributed by atoms with van der Waals surface area (Å²) in [5.74, 6) is -0.222. The number of hydrogen-bond donors (Lipinski definition) is 2. The summed E-state index contributed by atoms with van der Waals surface area (Å²) in [6.07, 6.45) is 0.608. The summed E-state index contributed by atoms with van der Waals surface area (Å²) in [5.41, 5.74) is 2.16. The van der Waals surface area contributed by atoms with E-state index in [0.717, 1.165) is 5.56 Å². The number of nitrogens with one attached hydrogen (secondary N) is 1. The monoisotopic (exact) mass is 255 g/mol. The Hall–Kier alpha value is -2.62. The van der Waals surface area contributed by atoms with Crippen LogP contribution in [0.1, 0.15) is 17.3 Å². The molecule has 1 amide bonds. The second-order valence-corrected chi connectivity index (χ2v) is 4.12. The molecule has 2 N–H and O–H groups in total. The summed E-state index contributed by atoms with van der Waals surface area (Å²) in [5, 5.41) is 12.7. The zero-order valence-electron chi connectivity index (χ0n) is 10.4. The maximum atomic E-state index is 11.0. The average Bonchev–Trinajstić information content (AvgIpc) is 2.38. The number of para-hydroxylation sites is 1. The number of aromatic hydroxyl groups is 1. The summed E-state index contributed by atoms with van der Waals surface area (Å²) in [7, 11) is 0. The Labute approximate surface area is 110 Å². The van der Waals surface area contributed by atoms with Crippen LogP contribution in [0, 0.1) is 0 Å². The van der Waals surface area contributed by atoms with E-state index in [9.17, 15) is 14.7 Å². The van der Waals surface area contributed by atoms with Crippen LogP contribution >= 0.6 is 0 Å². The fraction of sp³-hybridized carbons (Fsp3) is 0.0667. The van der Waals surface area contributed by atoms with Gasteiger partial charge >= 0.3 is 0 Å². The maximum absolute atomic E-state index is 11.0. The van der Waals surface area contributed by atoms with Crippen molar-refractivity contribution in [2.24, 2.45) is 0 Å². The number of rotatable bonds is 3. The van der Waals surface area contributed by atoms with Crippen molar-refractivity contribution < 1.29 is 14.7 Å². The first-order valence-corrected chi connectivity index (χ1v) is 5.77. The van der Waals surface area contributed by atoms with E-state index in [1.54, 1.807) is 42.5 Å². The number of benzene rings is 2. The average molecular weight is 255 g/mol. The van der Waals surface area contributed by atoms with Gasteiger partial charge in [-0.05, 0) is 23.8 Å². The molecule has 0 heterocycles. The minimum Gasteiger partial charge on any atom is -0.507 e. The Morgan fingerprint density at radius 1 is 1.21 bits per heavy atom. The predicted octanol–water partition coefficient (Wildman–Crippen LogP) is 2.83. The Morgan fingerprint density at radius 2 is 1.95 bits per heavy atom. The van der Waals surface area contributed by atoms with Crippen LogP contribution in [0.5, 0.6) is 5.75 Å². The molecule has 4 nitrogen and oxygen atoms in total. The highest BCUT2D eigenvalue weighted by Gasteiger charge is 2.09. The number of hydrogen-bond acceptors (Lipinski definition) is 3. The van der Waals surface area contributed by atoms with E-state index in [1.165, 1.54) is 6.92 Å². The zero-order valence-corrected chi connectivity index (χ0v) is 10.4. The maximum Gasteiger partial charge on any atom is 0.221 e. The third kappa shape index (κ3) is 2.80. The molecule has 0 atom stereocenters. The number of anilines is 1. The quantitative estimate of drug-likeness (QED) is 0.829. The molecule has 0 spiro atoms. The molecule has 2 rings (SSSR count).